The van der Waals surface area contributed by atoms with Gasteiger partial charge in [-0.15, -0.1) is 0 Å². The summed E-state index contributed by atoms with van der Waals surface area (Å²) in [6, 6.07) is 7.41. The fourth-order valence-electron chi connectivity index (χ4n) is 1.29. The summed E-state index contributed by atoms with van der Waals surface area (Å²) in [6.45, 7) is 0. The van der Waals surface area contributed by atoms with E-state index in [1.807, 2.05) is 18.2 Å². The predicted octanol–water partition coefficient (Wildman–Crippen LogP) is 1.63. The number of imidazole rings is 1. The van der Waals surface area contributed by atoms with Crippen LogP contribution in [0.1, 0.15) is 0 Å². The number of rotatable bonds is 1. The van der Waals surface area contributed by atoms with Crippen molar-refractivity contribution in [2.75, 3.05) is 0 Å². The van der Waals surface area contributed by atoms with Crippen LogP contribution in [0.2, 0.25) is 0 Å². The summed E-state index contributed by atoms with van der Waals surface area (Å²) >= 11 is 0. The van der Waals surface area contributed by atoms with Crippen LogP contribution in [0, 0.1) is 0 Å². The van der Waals surface area contributed by atoms with Gasteiger partial charge in [-0.05, 0) is 12.1 Å². The van der Waals surface area contributed by atoms with E-state index in [0.29, 0.717) is 5.52 Å². The summed E-state index contributed by atoms with van der Waals surface area (Å²) in [6.07, 6.45) is -1.36. The van der Waals surface area contributed by atoms with Crippen molar-refractivity contribution in [1.29, 1.82) is 0 Å². The molecule has 2 rings (SSSR count). The summed E-state index contributed by atoms with van der Waals surface area (Å²) in [5.41, 5.74) is 1.55. The fourth-order valence-corrected chi connectivity index (χ4v) is 1.29. The minimum absolute atomic E-state index is 0.0821. The molecular weight excluding hydrogens is 184 g/mol. The van der Waals surface area contributed by atoms with E-state index in [0.717, 1.165) is 5.52 Å². The van der Waals surface area contributed by atoms with Crippen LogP contribution in [0.5, 0.6) is 6.01 Å². The first-order chi connectivity index (χ1) is 6.68. The topological polar surface area (TPSA) is 64.3 Å². The molecule has 0 fully saturated rings. The number of aromatic nitrogens is 2. The van der Waals surface area contributed by atoms with E-state index in [2.05, 4.69) is 9.72 Å². The first kappa shape index (κ1) is 8.55. The van der Waals surface area contributed by atoms with E-state index in [-0.39, 0.29) is 6.01 Å². The molecule has 0 aliphatic rings. The van der Waals surface area contributed by atoms with Gasteiger partial charge in [0.15, 0.2) is 0 Å². The van der Waals surface area contributed by atoms with Gasteiger partial charge in [-0.2, -0.15) is 4.98 Å². The molecule has 2 aromatic rings. The number of hydrogen-bond acceptors (Lipinski definition) is 3. The number of fused-ring (bicyclic) bond motifs is 1. The smallest absolute Gasteiger partial charge is 0.449 e. The van der Waals surface area contributed by atoms with Gasteiger partial charge in [-0.1, -0.05) is 12.1 Å². The van der Waals surface area contributed by atoms with Crippen molar-refractivity contribution in [2.45, 2.75) is 0 Å². The van der Waals surface area contributed by atoms with E-state index in [9.17, 15) is 4.79 Å². The van der Waals surface area contributed by atoms with Gasteiger partial charge in [0, 0.05) is 7.05 Å². The maximum absolute atomic E-state index is 10.3. The zero-order chi connectivity index (χ0) is 10.1. The summed E-state index contributed by atoms with van der Waals surface area (Å²) in [4.78, 5) is 14.3. The van der Waals surface area contributed by atoms with Crippen molar-refractivity contribution in [3.8, 4) is 6.01 Å². The highest BCUT2D eigenvalue weighted by Crippen LogP contribution is 2.18. The van der Waals surface area contributed by atoms with Crippen molar-refractivity contribution < 1.29 is 14.6 Å². The van der Waals surface area contributed by atoms with Crippen LogP contribution in [0.4, 0.5) is 4.79 Å². The van der Waals surface area contributed by atoms with Gasteiger partial charge in [0.05, 0.1) is 11.0 Å². The molecule has 72 valence electrons. The number of carbonyl (C=O) groups is 1. The Hall–Kier alpha value is -2.04. The Morgan fingerprint density at radius 1 is 1.50 bits per heavy atom. The summed E-state index contributed by atoms with van der Waals surface area (Å²) in [5, 5.41) is 8.44. The number of aryl methyl sites for hydroxylation is 1. The second-order valence-electron chi connectivity index (χ2n) is 2.81. The van der Waals surface area contributed by atoms with E-state index >= 15 is 0 Å². The third kappa shape index (κ3) is 1.28. The van der Waals surface area contributed by atoms with Gasteiger partial charge in [0.1, 0.15) is 0 Å². The Balaban J connectivity index is 2.57. The van der Waals surface area contributed by atoms with Crippen LogP contribution in [-0.2, 0) is 7.05 Å². The molecule has 0 bridgehead atoms. The first-order valence-electron chi connectivity index (χ1n) is 4.00. The van der Waals surface area contributed by atoms with Crippen LogP contribution in [0.3, 0.4) is 0 Å². The lowest BCUT2D eigenvalue weighted by atomic mass is 10.3. The van der Waals surface area contributed by atoms with E-state index in [1.54, 1.807) is 17.7 Å². The summed E-state index contributed by atoms with van der Waals surface area (Å²) in [7, 11) is 1.70. The maximum atomic E-state index is 10.3. The number of ether oxygens (including phenoxy) is 1. The average Bonchev–Trinajstić information content (AvgIpc) is 2.44. The molecular formula is C9H8N2O3. The number of hydrogen-bond donors (Lipinski definition) is 1. The molecule has 5 nitrogen and oxygen atoms in total. The third-order valence-corrected chi connectivity index (χ3v) is 1.92. The molecule has 0 unspecified atom stereocenters. The molecule has 0 saturated heterocycles. The predicted molar refractivity (Wildman–Crippen MR) is 49.4 cm³/mol. The van der Waals surface area contributed by atoms with Crippen molar-refractivity contribution in [2.24, 2.45) is 7.05 Å². The SMILES string of the molecule is Cn1c(OC(=O)O)nc2ccccc21. The molecule has 1 N–H and O–H groups in total. The Bertz CT molecular complexity index is 490. The van der Waals surface area contributed by atoms with Gasteiger partial charge >= 0.3 is 12.2 Å². The van der Waals surface area contributed by atoms with Crippen molar-refractivity contribution in [3.63, 3.8) is 0 Å². The lowest BCUT2D eigenvalue weighted by Gasteiger charge is -1.98. The van der Waals surface area contributed by atoms with Crippen LogP contribution in [-0.4, -0.2) is 20.8 Å². The standard InChI is InChI=1S/C9H8N2O3/c1-11-7-5-3-2-4-6(7)10-8(11)14-9(12)13/h2-5H,1H3,(H,12,13). The van der Waals surface area contributed by atoms with Gasteiger partial charge in [0.2, 0.25) is 0 Å². The fraction of sp³-hybridized carbons (Fsp3) is 0.111. The van der Waals surface area contributed by atoms with Gasteiger partial charge in [-0.25, -0.2) is 4.79 Å². The molecule has 0 radical (unpaired) electrons. The number of nitrogens with zero attached hydrogens (tertiary/aromatic N) is 2. The lowest BCUT2D eigenvalue weighted by Crippen LogP contribution is -2.07. The molecule has 1 aromatic carbocycles. The van der Waals surface area contributed by atoms with Gasteiger partial charge in [-0.3, -0.25) is 4.57 Å². The zero-order valence-electron chi connectivity index (χ0n) is 7.47. The van der Waals surface area contributed by atoms with Crippen molar-refractivity contribution >= 4 is 17.2 Å². The normalized spacial score (nSPS) is 10.4. The second-order valence-corrected chi connectivity index (χ2v) is 2.81. The molecule has 0 aliphatic carbocycles. The molecule has 5 heteroatoms. The Labute approximate surface area is 79.6 Å². The molecule has 1 aromatic heterocycles. The van der Waals surface area contributed by atoms with Gasteiger partial charge in [0.25, 0.3) is 0 Å². The quantitative estimate of drug-likeness (QED) is 0.697. The number of carboxylic acid groups (broad SMARTS) is 1. The molecule has 0 spiro atoms. The zero-order valence-corrected chi connectivity index (χ0v) is 7.47. The van der Waals surface area contributed by atoms with Crippen LogP contribution >= 0.6 is 0 Å². The van der Waals surface area contributed by atoms with Crippen molar-refractivity contribution in [3.05, 3.63) is 24.3 Å². The highest BCUT2D eigenvalue weighted by atomic mass is 16.7. The summed E-state index contributed by atoms with van der Waals surface area (Å²) in [5.74, 6) is 0. The highest BCUT2D eigenvalue weighted by molar-refractivity contribution is 5.77. The third-order valence-electron chi connectivity index (χ3n) is 1.92. The molecule has 1 heterocycles. The van der Waals surface area contributed by atoms with Crippen LogP contribution in [0.15, 0.2) is 24.3 Å². The Kier molecular flexibility index (Phi) is 1.85. The first-order valence-corrected chi connectivity index (χ1v) is 4.00. The minimum Gasteiger partial charge on any atom is -0.449 e. The maximum Gasteiger partial charge on any atom is 0.513 e. The lowest BCUT2D eigenvalue weighted by molar-refractivity contribution is 0.139. The average molecular weight is 192 g/mol. The molecule has 0 aliphatic heterocycles. The van der Waals surface area contributed by atoms with Crippen molar-refractivity contribution in [1.82, 2.24) is 9.55 Å². The van der Waals surface area contributed by atoms with E-state index in [4.69, 9.17) is 5.11 Å². The highest BCUT2D eigenvalue weighted by Gasteiger charge is 2.10. The Morgan fingerprint density at radius 3 is 2.86 bits per heavy atom. The monoisotopic (exact) mass is 192 g/mol. The second kappa shape index (κ2) is 3.02. The number of para-hydroxylation sites is 2. The van der Waals surface area contributed by atoms with Crippen LogP contribution < -0.4 is 4.74 Å². The van der Waals surface area contributed by atoms with E-state index < -0.39 is 6.16 Å². The Morgan fingerprint density at radius 2 is 2.21 bits per heavy atom. The number of benzene rings is 1. The molecule has 14 heavy (non-hydrogen) atoms. The molecule has 0 amide bonds. The minimum atomic E-state index is -1.36. The van der Waals surface area contributed by atoms with Crippen LogP contribution in [0.25, 0.3) is 11.0 Å². The largest absolute Gasteiger partial charge is 0.513 e. The summed E-state index contributed by atoms with van der Waals surface area (Å²) < 4.78 is 6.09. The van der Waals surface area contributed by atoms with Gasteiger partial charge < -0.3 is 9.84 Å². The van der Waals surface area contributed by atoms with E-state index in [1.165, 1.54) is 0 Å². The molecule has 0 atom stereocenters. The molecule has 0 saturated carbocycles.